The van der Waals surface area contributed by atoms with Gasteiger partial charge in [0.25, 0.3) is 15.8 Å². The molecule has 0 spiro atoms. The fraction of sp³-hybridized carbons (Fsp3) is 0.120. The van der Waals surface area contributed by atoms with E-state index >= 15 is 0 Å². The number of hydrogen-bond acceptors (Lipinski definition) is 7. The largest absolute Gasteiger partial charge is 0.350 e. The van der Waals surface area contributed by atoms with Crippen LogP contribution in [0.25, 0.3) is 10.8 Å². The second-order valence-electron chi connectivity index (χ2n) is 8.31. The number of hydrogen-bond donors (Lipinski definition) is 2. The summed E-state index contributed by atoms with van der Waals surface area (Å²) in [6.07, 6.45) is 0. The first kappa shape index (κ1) is 24.9. The van der Waals surface area contributed by atoms with Gasteiger partial charge in [0.15, 0.2) is 0 Å². The Kier molecular flexibility index (Phi) is 6.53. The van der Waals surface area contributed by atoms with Gasteiger partial charge in [-0.1, -0.05) is 23.8 Å². The van der Waals surface area contributed by atoms with Crippen LogP contribution in [0.3, 0.4) is 0 Å². The molecule has 0 bridgehead atoms. The standard InChI is InChI=1S/C25H21FN4O5S/c1-14-4-7-18-15(2)5-8-21(19(18)10-14)28-29-22-9-6-17(12-25(22)36(33,34)35)27-23-13-20(26)16(3)11-24(23)30(31)32/h4-13,27H,1-3H3,(H,33,34,35). The highest BCUT2D eigenvalue weighted by Crippen LogP contribution is 2.35. The third kappa shape index (κ3) is 5.07. The van der Waals surface area contributed by atoms with Crippen molar-refractivity contribution in [2.24, 2.45) is 10.2 Å². The summed E-state index contributed by atoms with van der Waals surface area (Å²) in [5.74, 6) is -0.677. The van der Waals surface area contributed by atoms with Gasteiger partial charge in [0.1, 0.15) is 22.1 Å². The van der Waals surface area contributed by atoms with E-state index in [1.165, 1.54) is 19.1 Å². The van der Waals surface area contributed by atoms with Crippen LogP contribution in [0, 0.1) is 36.7 Å². The summed E-state index contributed by atoms with van der Waals surface area (Å²) in [5.41, 5.74) is 1.99. The lowest BCUT2D eigenvalue weighted by Crippen LogP contribution is -2.02. The van der Waals surface area contributed by atoms with Gasteiger partial charge < -0.3 is 5.32 Å². The molecule has 0 atom stereocenters. The Bertz CT molecular complexity index is 1670. The maximum atomic E-state index is 14.1. The molecule has 11 heteroatoms. The summed E-state index contributed by atoms with van der Waals surface area (Å²) in [5, 5.41) is 24.1. The number of nitrogens with one attached hydrogen (secondary N) is 1. The molecule has 36 heavy (non-hydrogen) atoms. The van der Waals surface area contributed by atoms with Crippen molar-refractivity contribution in [1.82, 2.24) is 0 Å². The van der Waals surface area contributed by atoms with Gasteiger partial charge in [0.05, 0.1) is 10.6 Å². The Morgan fingerprint density at radius 2 is 1.58 bits per heavy atom. The first-order chi connectivity index (χ1) is 16.9. The van der Waals surface area contributed by atoms with Crippen LogP contribution in [0.2, 0.25) is 0 Å². The minimum Gasteiger partial charge on any atom is -0.350 e. The number of benzene rings is 4. The predicted molar refractivity (Wildman–Crippen MR) is 135 cm³/mol. The van der Waals surface area contributed by atoms with E-state index in [1.54, 1.807) is 6.07 Å². The molecule has 4 aromatic carbocycles. The molecule has 0 radical (unpaired) electrons. The fourth-order valence-corrected chi connectivity index (χ4v) is 4.40. The number of nitro benzene ring substituents is 1. The lowest BCUT2D eigenvalue weighted by molar-refractivity contribution is -0.384. The van der Waals surface area contributed by atoms with E-state index in [1.807, 2.05) is 38.1 Å². The van der Waals surface area contributed by atoms with Crippen LogP contribution in [-0.2, 0) is 10.1 Å². The second kappa shape index (κ2) is 9.44. The highest BCUT2D eigenvalue weighted by molar-refractivity contribution is 7.86. The predicted octanol–water partition coefficient (Wildman–Crippen LogP) is 7.22. The Morgan fingerprint density at radius 1 is 0.889 bits per heavy atom. The van der Waals surface area contributed by atoms with Gasteiger partial charge in [-0.3, -0.25) is 14.7 Å². The van der Waals surface area contributed by atoms with E-state index in [9.17, 15) is 27.5 Å². The van der Waals surface area contributed by atoms with Crippen LogP contribution in [0.5, 0.6) is 0 Å². The zero-order valence-electron chi connectivity index (χ0n) is 19.5. The third-order valence-corrected chi connectivity index (χ3v) is 6.51. The van der Waals surface area contributed by atoms with Crippen LogP contribution >= 0.6 is 0 Å². The van der Waals surface area contributed by atoms with Crippen molar-refractivity contribution in [3.8, 4) is 0 Å². The normalized spacial score (nSPS) is 11.8. The summed E-state index contributed by atoms with van der Waals surface area (Å²) in [4.78, 5) is 10.1. The number of anilines is 2. The van der Waals surface area contributed by atoms with E-state index in [2.05, 4.69) is 15.5 Å². The van der Waals surface area contributed by atoms with Crippen molar-refractivity contribution >= 4 is 49.3 Å². The molecule has 0 amide bonds. The molecule has 4 rings (SSSR count). The zero-order valence-corrected chi connectivity index (χ0v) is 20.3. The molecule has 2 N–H and O–H groups in total. The fourth-order valence-electron chi connectivity index (χ4n) is 3.75. The molecule has 0 saturated carbocycles. The van der Waals surface area contributed by atoms with Crippen molar-refractivity contribution in [2.45, 2.75) is 25.7 Å². The van der Waals surface area contributed by atoms with E-state index in [-0.39, 0.29) is 22.6 Å². The molecule has 9 nitrogen and oxygen atoms in total. The SMILES string of the molecule is Cc1ccc2c(C)ccc(N=Nc3ccc(Nc4cc(F)c(C)cc4[N+](=O)[O-])cc3S(=O)(=O)O)c2c1. The van der Waals surface area contributed by atoms with Crippen LogP contribution in [0.1, 0.15) is 16.7 Å². The van der Waals surface area contributed by atoms with Gasteiger partial charge >= 0.3 is 0 Å². The summed E-state index contributed by atoms with van der Waals surface area (Å²) in [6.45, 7) is 5.29. The summed E-state index contributed by atoms with van der Waals surface area (Å²) in [7, 11) is -4.75. The number of rotatable bonds is 6. The molecule has 0 aromatic heterocycles. The van der Waals surface area contributed by atoms with Crippen LogP contribution < -0.4 is 5.32 Å². The number of halogens is 1. The van der Waals surface area contributed by atoms with Crippen molar-refractivity contribution < 1.29 is 22.3 Å². The average Bonchev–Trinajstić information content (AvgIpc) is 2.80. The number of nitrogens with zero attached hydrogens (tertiary/aromatic N) is 3. The third-order valence-electron chi connectivity index (χ3n) is 5.62. The maximum Gasteiger partial charge on any atom is 0.296 e. The quantitative estimate of drug-likeness (QED) is 0.122. The average molecular weight is 509 g/mol. The smallest absolute Gasteiger partial charge is 0.296 e. The molecular formula is C25H21FN4O5S. The van der Waals surface area contributed by atoms with Gasteiger partial charge in [-0.15, -0.1) is 10.2 Å². The Hall–Kier alpha value is -4.22. The van der Waals surface area contributed by atoms with Crippen LogP contribution in [0.15, 0.2) is 75.8 Å². The first-order valence-electron chi connectivity index (χ1n) is 10.7. The van der Waals surface area contributed by atoms with Gasteiger partial charge in [0, 0.05) is 23.2 Å². The molecule has 0 saturated heterocycles. The lowest BCUT2D eigenvalue weighted by Gasteiger charge is -2.11. The highest BCUT2D eigenvalue weighted by atomic mass is 32.2. The number of fused-ring (bicyclic) bond motifs is 1. The number of aryl methyl sites for hydroxylation is 3. The maximum absolute atomic E-state index is 14.1. The molecule has 0 aliphatic heterocycles. The molecule has 184 valence electrons. The van der Waals surface area contributed by atoms with Gasteiger partial charge in [-0.25, -0.2) is 4.39 Å². The van der Waals surface area contributed by atoms with Crippen molar-refractivity contribution in [3.05, 3.63) is 93.3 Å². The van der Waals surface area contributed by atoms with Gasteiger partial charge in [-0.2, -0.15) is 8.42 Å². The zero-order chi connectivity index (χ0) is 26.2. The van der Waals surface area contributed by atoms with Gasteiger partial charge in [-0.05, 0) is 67.6 Å². The minimum atomic E-state index is -4.75. The van der Waals surface area contributed by atoms with E-state index in [0.29, 0.717) is 5.69 Å². The van der Waals surface area contributed by atoms with Crippen molar-refractivity contribution in [2.75, 3.05) is 5.32 Å². The highest BCUT2D eigenvalue weighted by Gasteiger charge is 2.20. The van der Waals surface area contributed by atoms with Crippen LogP contribution in [-0.4, -0.2) is 17.9 Å². The molecule has 4 aromatic rings. The monoisotopic (exact) mass is 508 g/mol. The second-order valence-corrected chi connectivity index (χ2v) is 9.70. The Morgan fingerprint density at radius 3 is 2.28 bits per heavy atom. The van der Waals surface area contributed by atoms with Crippen LogP contribution in [0.4, 0.5) is 32.8 Å². The van der Waals surface area contributed by atoms with Crippen molar-refractivity contribution in [1.29, 1.82) is 0 Å². The lowest BCUT2D eigenvalue weighted by atomic mass is 10.0. The summed E-state index contributed by atoms with van der Waals surface area (Å²) in [6, 6.07) is 15.2. The molecule has 0 unspecified atom stereocenters. The number of azo groups is 1. The topological polar surface area (TPSA) is 134 Å². The molecule has 0 aliphatic rings. The Balaban J connectivity index is 1.76. The number of nitro groups is 1. The molecule has 0 fully saturated rings. The van der Waals surface area contributed by atoms with Gasteiger partial charge in [0.2, 0.25) is 0 Å². The molecular weight excluding hydrogens is 487 g/mol. The van der Waals surface area contributed by atoms with E-state index in [0.717, 1.165) is 40.1 Å². The summed E-state index contributed by atoms with van der Waals surface area (Å²) < 4.78 is 48.1. The first-order valence-corrected chi connectivity index (χ1v) is 12.1. The van der Waals surface area contributed by atoms with E-state index in [4.69, 9.17) is 0 Å². The molecule has 0 aliphatic carbocycles. The minimum absolute atomic E-state index is 0.0596. The summed E-state index contributed by atoms with van der Waals surface area (Å²) >= 11 is 0. The molecule has 0 heterocycles. The van der Waals surface area contributed by atoms with E-state index < -0.39 is 31.4 Å². The van der Waals surface area contributed by atoms with Crippen molar-refractivity contribution in [3.63, 3.8) is 0 Å². The Labute approximate surface area is 206 Å².